The van der Waals surface area contributed by atoms with Crippen LogP contribution in [-0.2, 0) is 0 Å². The van der Waals surface area contributed by atoms with Crippen LogP contribution in [0.4, 0.5) is 5.69 Å². The molecule has 5 heteroatoms. The second kappa shape index (κ2) is 8.05. The number of rotatable bonds is 5. The van der Waals surface area contributed by atoms with Gasteiger partial charge in [-0.15, -0.1) is 0 Å². The zero-order valence-electron chi connectivity index (χ0n) is 17.3. The molecule has 0 saturated heterocycles. The number of hydrazone groups is 1. The second-order valence-electron chi connectivity index (χ2n) is 7.91. The molecule has 0 spiro atoms. The zero-order valence-corrected chi connectivity index (χ0v) is 17.3. The lowest BCUT2D eigenvalue weighted by molar-refractivity contribution is 0.0955. The molecule has 0 fully saturated rings. The summed E-state index contributed by atoms with van der Waals surface area (Å²) in [6, 6.07) is 13.3. The molecule has 1 amide bonds. The number of amides is 1. The van der Waals surface area contributed by atoms with Crippen LogP contribution in [-0.4, -0.2) is 31.3 Å². The van der Waals surface area contributed by atoms with Crippen molar-refractivity contribution in [2.45, 2.75) is 45.6 Å². The first kappa shape index (κ1) is 19.9. The van der Waals surface area contributed by atoms with Crippen LogP contribution in [0.3, 0.4) is 0 Å². The SMILES string of the molecule is CCN1c2ccc(/C=N\NC(=O)c3ccc(OC)cc3)cc2[C@H](C)CC1(C)C. The smallest absolute Gasteiger partial charge is 0.271 e. The zero-order chi connectivity index (χ0) is 20.3. The second-order valence-corrected chi connectivity index (χ2v) is 7.91. The molecule has 1 aliphatic rings. The van der Waals surface area contributed by atoms with Gasteiger partial charge in [0.2, 0.25) is 0 Å². The summed E-state index contributed by atoms with van der Waals surface area (Å²) < 4.78 is 5.11. The Balaban J connectivity index is 1.73. The first-order valence-electron chi connectivity index (χ1n) is 9.74. The van der Waals surface area contributed by atoms with Crippen molar-refractivity contribution in [3.63, 3.8) is 0 Å². The molecule has 2 aromatic rings. The van der Waals surface area contributed by atoms with Crippen molar-refractivity contribution in [3.05, 3.63) is 59.2 Å². The molecule has 5 nitrogen and oxygen atoms in total. The van der Waals surface area contributed by atoms with Crippen molar-refractivity contribution < 1.29 is 9.53 Å². The van der Waals surface area contributed by atoms with Crippen LogP contribution >= 0.6 is 0 Å². The molecule has 0 radical (unpaired) electrons. The lowest BCUT2D eigenvalue weighted by Crippen LogP contribution is -2.48. The van der Waals surface area contributed by atoms with Crippen LogP contribution in [0.15, 0.2) is 47.6 Å². The number of ether oxygens (including phenoxy) is 1. The van der Waals surface area contributed by atoms with E-state index in [1.54, 1.807) is 37.6 Å². The van der Waals surface area contributed by atoms with Gasteiger partial charge >= 0.3 is 0 Å². The third kappa shape index (κ3) is 4.03. The van der Waals surface area contributed by atoms with Gasteiger partial charge in [-0.2, -0.15) is 5.10 Å². The maximum Gasteiger partial charge on any atom is 0.271 e. The Kier molecular flexibility index (Phi) is 5.73. The number of methoxy groups -OCH3 is 1. The maximum atomic E-state index is 12.2. The quantitative estimate of drug-likeness (QED) is 0.611. The van der Waals surface area contributed by atoms with Gasteiger partial charge in [0.05, 0.1) is 13.3 Å². The molecule has 1 heterocycles. The summed E-state index contributed by atoms with van der Waals surface area (Å²) in [6.45, 7) is 10.1. The Morgan fingerprint density at radius 3 is 2.64 bits per heavy atom. The Morgan fingerprint density at radius 2 is 2.00 bits per heavy atom. The summed E-state index contributed by atoms with van der Waals surface area (Å²) in [7, 11) is 1.60. The molecule has 0 bridgehead atoms. The molecule has 0 unspecified atom stereocenters. The molecule has 1 atom stereocenters. The van der Waals surface area contributed by atoms with Gasteiger partial charge in [0.15, 0.2) is 0 Å². The number of carbonyl (C=O) groups is 1. The van der Waals surface area contributed by atoms with Crippen LogP contribution in [0.2, 0.25) is 0 Å². The average molecular weight is 380 g/mol. The fourth-order valence-electron chi connectivity index (χ4n) is 4.16. The van der Waals surface area contributed by atoms with E-state index in [0.717, 1.165) is 18.5 Å². The minimum Gasteiger partial charge on any atom is -0.497 e. The summed E-state index contributed by atoms with van der Waals surface area (Å²) >= 11 is 0. The molecule has 0 saturated carbocycles. The number of nitrogens with zero attached hydrogens (tertiary/aromatic N) is 2. The van der Waals surface area contributed by atoms with E-state index in [-0.39, 0.29) is 11.4 Å². The Morgan fingerprint density at radius 1 is 1.29 bits per heavy atom. The van der Waals surface area contributed by atoms with E-state index in [9.17, 15) is 4.79 Å². The highest BCUT2D eigenvalue weighted by Gasteiger charge is 2.35. The Labute approximate surface area is 167 Å². The molecule has 0 aromatic heterocycles. The minimum absolute atomic E-state index is 0.156. The van der Waals surface area contributed by atoms with E-state index in [2.05, 4.69) is 61.3 Å². The van der Waals surface area contributed by atoms with Crippen molar-refractivity contribution in [2.24, 2.45) is 5.10 Å². The Hall–Kier alpha value is -2.82. The van der Waals surface area contributed by atoms with Gasteiger partial charge in [-0.05, 0) is 80.6 Å². The molecule has 148 valence electrons. The number of benzene rings is 2. The largest absolute Gasteiger partial charge is 0.497 e. The average Bonchev–Trinajstić information content (AvgIpc) is 2.68. The fourth-order valence-corrected chi connectivity index (χ4v) is 4.16. The molecular formula is C23H29N3O2. The lowest BCUT2D eigenvalue weighted by Gasteiger charge is -2.47. The predicted octanol–water partition coefficient (Wildman–Crippen LogP) is 4.57. The monoisotopic (exact) mass is 379 g/mol. The molecule has 3 rings (SSSR count). The highest BCUT2D eigenvalue weighted by molar-refractivity contribution is 5.95. The lowest BCUT2D eigenvalue weighted by atomic mass is 9.79. The number of hydrogen-bond donors (Lipinski definition) is 1. The van der Waals surface area contributed by atoms with E-state index in [0.29, 0.717) is 17.2 Å². The van der Waals surface area contributed by atoms with Crippen LogP contribution in [0.5, 0.6) is 5.75 Å². The van der Waals surface area contributed by atoms with E-state index < -0.39 is 0 Å². The van der Waals surface area contributed by atoms with E-state index in [4.69, 9.17) is 4.74 Å². The van der Waals surface area contributed by atoms with Crippen molar-refractivity contribution in [3.8, 4) is 5.75 Å². The number of carbonyl (C=O) groups excluding carboxylic acids is 1. The van der Waals surface area contributed by atoms with E-state index in [1.165, 1.54) is 11.3 Å². The van der Waals surface area contributed by atoms with Crippen LogP contribution < -0.4 is 15.1 Å². The third-order valence-corrected chi connectivity index (χ3v) is 5.46. The molecule has 2 aromatic carbocycles. The van der Waals surface area contributed by atoms with Crippen molar-refractivity contribution in [1.29, 1.82) is 0 Å². The summed E-state index contributed by atoms with van der Waals surface area (Å²) in [5.74, 6) is 0.951. The molecule has 28 heavy (non-hydrogen) atoms. The summed E-state index contributed by atoms with van der Waals surface area (Å²) in [4.78, 5) is 14.7. The fraction of sp³-hybridized carbons (Fsp3) is 0.391. The summed E-state index contributed by atoms with van der Waals surface area (Å²) in [6.07, 6.45) is 2.81. The predicted molar refractivity (Wildman–Crippen MR) is 115 cm³/mol. The molecule has 1 aliphatic heterocycles. The third-order valence-electron chi connectivity index (χ3n) is 5.46. The summed E-state index contributed by atoms with van der Waals surface area (Å²) in [5.41, 5.74) is 6.90. The van der Waals surface area contributed by atoms with Crippen molar-refractivity contribution in [1.82, 2.24) is 5.43 Å². The van der Waals surface area contributed by atoms with Gasteiger partial charge in [0, 0.05) is 23.3 Å². The maximum absolute atomic E-state index is 12.2. The normalized spacial score (nSPS) is 18.0. The van der Waals surface area contributed by atoms with E-state index >= 15 is 0 Å². The van der Waals surface area contributed by atoms with Crippen molar-refractivity contribution in [2.75, 3.05) is 18.6 Å². The van der Waals surface area contributed by atoms with Crippen LogP contribution in [0, 0.1) is 0 Å². The first-order chi connectivity index (χ1) is 13.4. The number of anilines is 1. The van der Waals surface area contributed by atoms with Crippen LogP contribution in [0.25, 0.3) is 0 Å². The summed E-state index contributed by atoms with van der Waals surface area (Å²) in [5, 5.41) is 4.13. The molecule has 1 N–H and O–H groups in total. The van der Waals surface area contributed by atoms with Gasteiger partial charge in [0.25, 0.3) is 5.91 Å². The highest BCUT2D eigenvalue weighted by atomic mass is 16.5. The highest BCUT2D eigenvalue weighted by Crippen LogP contribution is 2.43. The minimum atomic E-state index is -0.246. The van der Waals surface area contributed by atoms with Gasteiger partial charge < -0.3 is 9.64 Å². The standard InChI is InChI=1S/C23H29N3O2/c1-6-26-21-12-7-17(13-20(21)16(2)14-23(26,3)4)15-24-25-22(27)18-8-10-19(28-5)11-9-18/h7-13,15-16H,6,14H2,1-5H3,(H,25,27)/b24-15-/t16-/m1/s1. The van der Waals surface area contributed by atoms with Crippen molar-refractivity contribution >= 4 is 17.8 Å². The van der Waals surface area contributed by atoms with Gasteiger partial charge in [-0.3, -0.25) is 4.79 Å². The van der Waals surface area contributed by atoms with Crippen LogP contribution in [0.1, 0.15) is 61.5 Å². The number of fused-ring (bicyclic) bond motifs is 1. The van der Waals surface area contributed by atoms with Gasteiger partial charge in [0.1, 0.15) is 5.75 Å². The number of nitrogens with one attached hydrogen (secondary N) is 1. The Bertz CT molecular complexity index is 872. The first-order valence-corrected chi connectivity index (χ1v) is 9.74. The topological polar surface area (TPSA) is 53.9 Å². The number of hydrogen-bond acceptors (Lipinski definition) is 4. The van der Waals surface area contributed by atoms with Gasteiger partial charge in [-0.25, -0.2) is 5.43 Å². The van der Waals surface area contributed by atoms with Gasteiger partial charge in [-0.1, -0.05) is 13.0 Å². The van der Waals surface area contributed by atoms with E-state index in [1.807, 2.05) is 0 Å². The molecule has 0 aliphatic carbocycles. The molecular weight excluding hydrogens is 350 g/mol.